The predicted molar refractivity (Wildman–Crippen MR) is 108 cm³/mol. The van der Waals surface area contributed by atoms with Gasteiger partial charge in [-0.15, -0.1) is 0 Å². The van der Waals surface area contributed by atoms with E-state index in [9.17, 15) is 0 Å². The van der Waals surface area contributed by atoms with Crippen molar-refractivity contribution >= 4 is 10.8 Å². The summed E-state index contributed by atoms with van der Waals surface area (Å²) in [4.78, 5) is 0. The van der Waals surface area contributed by atoms with Gasteiger partial charge in [0.05, 0.1) is 6.26 Å². The molecular formula is C24H30O. The lowest BCUT2D eigenvalue weighted by atomic mass is 9.92. The summed E-state index contributed by atoms with van der Waals surface area (Å²) < 4.78 is 6.09. The highest BCUT2D eigenvalue weighted by molar-refractivity contribution is 5.96. The van der Waals surface area contributed by atoms with Gasteiger partial charge in [-0.05, 0) is 67.9 Å². The Bertz CT molecular complexity index is 860. The van der Waals surface area contributed by atoms with E-state index in [0.717, 1.165) is 18.6 Å². The zero-order valence-electron chi connectivity index (χ0n) is 16.4. The monoisotopic (exact) mass is 334 g/mol. The van der Waals surface area contributed by atoms with Crippen molar-refractivity contribution in [1.82, 2.24) is 0 Å². The molecule has 0 aliphatic heterocycles. The van der Waals surface area contributed by atoms with Crippen LogP contribution in [0.4, 0.5) is 0 Å². The van der Waals surface area contributed by atoms with Gasteiger partial charge in [0, 0.05) is 16.3 Å². The van der Waals surface area contributed by atoms with Crippen LogP contribution in [-0.4, -0.2) is 0 Å². The average molecular weight is 335 g/mol. The molecule has 0 N–H and O–H groups in total. The maximum atomic E-state index is 6.09. The normalized spacial score (nSPS) is 11.8. The largest absolute Gasteiger partial charge is 0.463 e. The van der Waals surface area contributed by atoms with E-state index >= 15 is 0 Å². The van der Waals surface area contributed by atoms with E-state index in [0.29, 0.717) is 11.8 Å². The van der Waals surface area contributed by atoms with Crippen LogP contribution in [0.3, 0.4) is 0 Å². The smallest absolute Gasteiger partial charge is 0.141 e. The molecule has 0 aliphatic carbocycles. The maximum Gasteiger partial charge on any atom is 0.141 e. The molecule has 25 heavy (non-hydrogen) atoms. The van der Waals surface area contributed by atoms with Gasteiger partial charge >= 0.3 is 0 Å². The molecule has 1 nitrogen and oxygen atoms in total. The van der Waals surface area contributed by atoms with Gasteiger partial charge in [0.1, 0.15) is 5.76 Å². The summed E-state index contributed by atoms with van der Waals surface area (Å²) >= 11 is 0. The highest BCUT2D eigenvalue weighted by Gasteiger charge is 2.15. The number of benzene rings is 2. The highest BCUT2D eigenvalue weighted by Crippen LogP contribution is 2.35. The molecule has 0 unspecified atom stereocenters. The summed E-state index contributed by atoms with van der Waals surface area (Å²) in [6, 6.07) is 11.4. The van der Waals surface area contributed by atoms with Crippen LogP contribution in [0.1, 0.15) is 49.9 Å². The van der Waals surface area contributed by atoms with Gasteiger partial charge < -0.3 is 4.42 Å². The molecule has 0 saturated carbocycles. The van der Waals surface area contributed by atoms with Crippen molar-refractivity contribution in [2.45, 2.75) is 54.4 Å². The molecule has 0 fully saturated rings. The third kappa shape index (κ3) is 3.98. The SMILES string of the molecule is Cc1cc(C)cc(-c2occ3c(CC(C)C)cc(CC(C)C)cc23)c1. The summed E-state index contributed by atoms with van der Waals surface area (Å²) in [6.45, 7) is 13.4. The lowest BCUT2D eigenvalue weighted by Crippen LogP contribution is -1.99. The fourth-order valence-electron chi connectivity index (χ4n) is 3.81. The van der Waals surface area contributed by atoms with E-state index in [4.69, 9.17) is 4.42 Å². The Hall–Kier alpha value is -2.02. The summed E-state index contributed by atoms with van der Waals surface area (Å²) in [5.41, 5.74) is 6.58. The van der Waals surface area contributed by atoms with Crippen LogP contribution in [-0.2, 0) is 12.8 Å². The Kier molecular flexibility index (Phi) is 5.03. The van der Waals surface area contributed by atoms with Crippen molar-refractivity contribution in [2.24, 2.45) is 11.8 Å². The Labute approximate surface area is 152 Å². The second-order valence-corrected chi connectivity index (χ2v) is 8.35. The average Bonchev–Trinajstić information content (AvgIpc) is 2.89. The van der Waals surface area contributed by atoms with Crippen LogP contribution in [0.25, 0.3) is 22.1 Å². The molecule has 0 spiro atoms. The minimum atomic E-state index is 0.636. The molecule has 3 rings (SSSR count). The van der Waals surface area contributed by atoms with Gasteiger partial charge in [0.15, 0.2) is 0 Å². The van der Waals surface area contributed by atoms with E-state index in [1.54, 1.807) is 0 Å². The van der Waals surface area contributed by atoms with Crippen molar-refractivity contribution in [3.8, 4) is 11.3 Å². The number of hydrogen-bond acceptors (Lipinski definition) is 1. The zero-order chi connectivity index (χ0) is 18.1. The lowest BCUT2D eigenvalue weighted by Gasteiger charge is -2.12. The Morgan fingerprint density at radius 2 is 1.40 bits per heavy atom. The molecule has 1 aromatic heterocycles. The quantitative estimate of drug-likeness (QED) is 0.484. The van der Waals surface area contributed by atoms with E-state index in [-0.39, 0.29) is 0 Å². The van der Waals surface area contributed by atoms with Crippen molar-refractivity contribution in [3.05, 3.63) is 58.8 Å². The van der Waals surface area contributed by atoms with Crippen molar-refractivity contribution in [2.75, 3.05) is 0 Å². The van der Waals surface area contributed by atoms with E-state index in [1.165, 1.54) is 38.6 Å². The number of fused-ring (bicyclic) bond motifs is 1. The topological polar surface area (TPSA) is 13.1 Å². The number of hydrogen-bond donors (Lipinski definition) is 0. The van der Waals surface area contributed by atoms with Gasteiger partial charge in [-0.3, -0.25) is 0 Å². The molecule has 0 atom stereocenters. The lowest BCUT2D eigenvalue weighted by molar-refractivity contribution is 0.586. The molecule has 0 radical (unpaired) electrons. The van der Waals surface area contributed by atoms with E-state index < -0.39 is 0 Å². The molecule has 132 valence electrons. The van der Waals surface area contributed by atoms with Gasteiger partial charge in [0.25, 0.3) is 0 Å². The van der Waals surface area contributed by atoms with Crippen LogP contribution in [0.5, 0.6) is 0 Å². The highest BCUT2D eigenvalue weighted by atomic mass is 16.3. The number of aryl methyl sites for hydroxylation is 2. The van der Waals surface area contributed by atoms with Crippen molar-refractivity contribution in [3.63, 3.8) is 0 Å². The van der Waals surface area contributed by atoms with Crippen LogP contribution in [0.2, 0.25) is 0 Å². The van der Waals surface area contributed by atoms with Gasteiger partial charge in [-0.25, -0.2) is 0 Å². The number of furan rings is 1. The minimum absolute atomic E-state index is 0.636. The summed E-state index contributed by atoms with van der Waals surface area (Å²) in [5.74, 6) is 2.30. The zero-order valence-corrected chi connectivity index (χ0v) is 16.4. The maximum absolute atomic E-state index is 6.09. The predicted octanol–water partition coefficient (Wildman–Crippen LogP) is 7.11. The Morgan fingerprint density at radius 3 is 2.00 bits per heavy atom. The first-order valence-electron chi connectivity index (χ1n) is 9.45. The first-order valence-corrected chi connectivity index (χ1v) is 9.45. The fraction of sp³-hybridized carbons (Fsp3) is 0.417. The molecule has 0 saturated heterocycles. The third-order valence-electron chi connectivity index (χ3n) is 4.62. The van der Waals surface area contributed by atoms with Crippen LogP contribution in [0, 0.1) is 25.7 Å². The summed E-state index contributed by atoms with van der Waals surface area (Å²) in [6.07, 6.45) is 4.16. The molecule has 0 amide bonds. The van der Waals surface area contributed by atoms with Gasteiger partial charge in [-0.1, -0.05) is 51.0 Å². The van der Waals surface area contributed by atoms with E-state index in [1.807, 2.05) is 6.26 Å². The molecule has 1 heteroatoms. The van der Waals surface area contributed by atoms with Crippen LogP contribution < -0.4 is 0 Å². The number of rotatable bonds is 5. The molecule has 1 heterocycles. The van der Waals surface area contributed by atoms with Gasteiger partial charge in [0.2, 0.25) is 0 Å². The summed E-state index contributed by atoms with van der Waals surface area (Å²) in [5, 5.41) is 2.54. The molecular weight excluding hydrogens is 304 g/mol. The van der Waals surface area contributed by atoms with E-state index in [2.05, 4.69) is 71.9 Å². The van der Waals surface area contributed by atoms with Crippen LogP contribution >= 0.6 is 0 Å². The first-order chi connectivity index (χ1) is 11.8. The standard InChI is InChI=1S/C24H30O/c1-15(2)7-19-12-20(8-16(3)4)23-14-25-24(22(23)13-19)21-10-17(5)9-18(6)11-21/h9-16H,7-8H2,1-6H3. The third-order valence-corrected chi connectivity index (χ3v) is 4.62. The molecule has 2 aromatic carbocycles. The van der Waals surface area contributed by atoms with Crippen molar-refractivity contribution in [1.29, 1.82) is 0 Å². The molecule has 0 bridgehead atoms. The van der Waals surface area contributed by atoms with Crippen LogP contribution in [0.15, 0.2) is 41.0 Å². The minimum Gasteiger partial charge on any atom is -0.463 e. The second kappa shape index (κ2) is 7.07. The molecule has 0 aliphatic rings. The van der Waals surface area contributed by atoms with Crippen molar-refractivity contribution < 1.29 is 4.42 Å². The second-order valence-electron chi connectivity index (χ2n) is 8.35. The Balaban J connectivity index is 2.20. The Morgan fingerprint density at radius 1 is 0.760 bits per heavy atom. The summed E-state index contributed by atoms with van der Waals surface area (Å²) in [7, 11) is 0. The molecule has 3 aromatic rings. The van der Waals surface area contributed by atoms with Gasteiger partial charge in [-0.2, -0.15) is 0 Å². The fourth-order valence-corrected chi connectivity index (χ4v) is 3.81. The first kappa shape index (κ1) is 17.8.